The van der Waals surface area contributed by atoms with Gasteiger partial charge in [0.1, 0.15) is 11.5 Å². The highest BCUT2D eigenvalue weighted by atomic mass is 32.2. The Bertz CT molecular complexity index is 964. The number of rotatable bonds is 5. The van der Waals surface area contributed by atoms with Crippen LogP contribution >= 0.6 is 11.8 Å². The highest BCUT2D eigenvalue weighted by Gasteiger charge is 2.12. The molecule has 0 aliphatic carbocycles. The van der Waals surface area contributed by atoms with Gasteiger partial charge in [-0.25, -0.2) is 0 Å². The fourth-order valence-electron chi connectivity index (χ4n) is 2.25. The zero-order valence-corrected chi connectivity index (χ0v) is 14.2. The van der Waals surface area contributed by atoms with E-state index in [0.717, 1.165) is 22.6 Å². The maximum absolute atomic E-state index is 5.65. The summed E-state index contributed by atoms with van der Waals surface area (Å²) in [5.74, 6) is 1.80. The second kappa shape index (κ2) is 6.90. The molecule has 0 aliphatic rings. The topological polar surface area (TPSA) is 77.8 Å². The van der Waals surface area contributed by atoms with Crippen molar-refractivity contribution in [1.29, 1.82) is 0 Å². The molecule has 0 N–H and O–H groups in total. The molecule has 7 heteroatoms. The third-order valence-electron chi connectivity index (χ3n) is 3.58. The van der Waals surface area contributed by atoms with Gasteiger partial charge < -0.3 is 8.94 Å². The highest BCUT2D eigenvalue weighted by Crippen LogP contribution is 2.27. The van der Waals surface area contributed by atoms with Gasteiger partial charge in [-0.15, -0.1) is 10.2 Å². The van der Waals surface area contributed by atoms with Crippen LogP contribution in [0.3, 0.4) is 0 Å². The van der Waals surface area contributed by atoms with Gasteiger partial charge in [-0.2, -0.15) is 0 Å². The largest absolute Gasteiger partial charge is 0.411 e. The van der Waals surface area contributed by atoms with Crippen LogP contribution in [-0.4, -0.2) is 20.3 Å². The Balaban J connectivity index is 1.42. The maximum Gasteiger partial charge on any atom is 0.277 e. The molecule has 0 atom stereocenters. The van der Waals surface area contributed by atoms with Crippen molar-refractivity contribution in [3.8, 4) is 22.7 Å². The van der Waals surface area contributed by atoms with Crippen LogP contribution in [0.2, 0.25) is 0 Å². The number of pyridine rings is 1. The molecule has 0 bridgehead atoms. The molecule has 3 aromatic heterocycles. The third kappa shape index (κ3) is 3.61. The van der Waals surface area contributed by atoms with Gasteiger partial charge >= 0.3 is 0 Å². The molecule has 0 radical (unpaired) electrons. The standard InChI is InChI=1S/C18H14N4O2S/c1-12-2-4-13(5-3-12)16-10-15(24-22-16)11-25-18-21-20-17(23-18)14-6-8-19-9-7-14/h2-10H,11H2,1H3. The van der Waals surface area contributed by atoms with E-state index in [0.29, 0.717) is 16.9 Å². The fraction of sp³-hybridized carbons (Fsp3) is 0.111. The number of hydrogen-bond donors (Lipinski definition) is 0. The van der Waals surface area contributed by atoms with Gasteiger partial charge in [0.2, 0.25) is 5.89 Å². The van der Waals surface area contributed by atoms with Crippen molar-refractivity contribution in [3.63, 3.8) is 0 Å². The number of benzene rings is 1. The molecule has 0 spiro atoms. The summed E-state index contributed by atoms with van der Waals surface area (Å²) < 4.78 is 11.0. The van der Waals surface area contributed by atoms with Gasteiger partial charge in [0.15, 0.2) is 0 Å². The molecule has 6 nitrogen and oxygen atoms in total. The Morgan fingerprint density at radius 3 is 2.56 bits per heavy atom. The molecule has 4 rings (SSSR count). The van der Waals surface area contributed by atoms with Crippen molar-refractivity contribution < 1.29 is 8.94 Å². The van der Waals surface area contributed by atoms with Gasteiger partial charge in [0, 0.05) is 29.6 Å². The summed E-state index contributed by atoms with van der Waals surface area (Å²) in [7, 11) is 0. The molecule has 0 aliphatic heterocycles. The van der Waals surface area contributed by atoms with E-state index >= 15 is 0 Å². The zero-order valence-electron chi connectivity index (χ0n) is 13.4. The van der Waals surface area contributed by atoms with Crippen LogP contribution in [0.15, 0.2) is 69.0 Å². The van der Waals surface area contributed by atoms with Gasteiger partial charge in [-0.1, -0.05) is 46.7 Å². The molecule has 0 fully saturated rings. The van der Waals surface area contributed by atoms with E-state index in [-0.39, 0.29) is 0 Å². The molecular formula is C18H14N4O2S. The van der Waals surface area contributed by atoms with Crippen LogP contribution in [-0.2, 0) is 5.75 Å². The molecular weight excluding hydrogens is 336 g/mol. The summed E-state index contributed by atoms with van der Waals surface area (Å²) in [6, 6.07) is 13.7. The van der Waals surface area contributed by atoms with Gasteiger partial charge in [-0.05, 0) is 19.1 Å². The van der Waals surface area contributed by atoms with Crippen LogP contribution in [0.25, 0.3) is 22.7 Å². The number of aromatic nitrogens is 4. The maximum atomic E-state index is 5.65. The first-order valence-corrected chi connectivity index (χ1v) is 8.66. The lowest BCUT2D eigenvalue weighted by atomic mass is 10.1. The van der Waals surface area contributed by atoms with E-state index in [9.17, 15) is 0 Å². The quantitative estimate of drug-likeness (QED) is 0.494. The lowest BCUT2D eigenvalue weighted by Gasteiger charge is -1.95. The summed E-state index contributed by atoms with van der Waals surface area (Å²) in [4.78, 5) is 3.97. The Labute approximate surface area is 148 Å². The number of thioether (sulfide) groups is 1. The van der Waals surface area contributed by atoms with Crippen molar-refractivity contribution in [2.75, 3.05) is 0 Å². The normalized spacial score (nSPS) is 10.9. The van der Waals surface area contributed by atoms with Crippen LogP contribution < -0.4 is 0 Å². The van der Waals surface area contributed by atoms with Crippen molar-refractivity contribution >= 4 is 11.8 Å². The van der Waals surface area contributed by atoms with E-state index in [1.54, 1.807) is 12.4 Å². The van der Waals surface area contributed by atoms with E-state index < -0.39 is 0 Å². The first kappa shape index (κ1) is 15.6. The summed E-state index contributed by atoms with van der Waals surface area (Å²) in [5.41, 5.74) is 3.90. The molecule has 0 saturated heterocycles. The van der Waals surface area contributed by atoms with Gasteiger partial charge in [0.25, 0.3) is 5.22 Å². The summed E-state index contributed by atoms with van der Waals surface area (Å²) in [5, 5.41) is 12.7. The number of aryl methyl sites for hydroxylation is 1. The molecule has 4 aromatic rings. The Hall–Kier alpha value is -2.93. The molecule has 124 valence electrons. The second-order valence-corrected chi connectivity index (χ2v) is 6.37. The van der Waals surface area contributed by atoms with E-state index in [2.05, 4.69) is 39.4 Å². The highest BCUT2D eigenvalue weighted by molar-refractivity contribution is 7.98. The van der Waals surface area contributed by atoms with Crippen molar-refractivity contribution in [2.24, 2.45) is 0 Å². The summed E-state index contributed by atoms with van der Waals surface area (Å²) in [6.45, 7) is 2.05. The minimum absolute atomic E-state index is 0.475. The molecule has 0 amide bonds. The molecule has 0 unspecified atom stereocenters. The van der Waals surface area contributed by atoms with Gasteiger partial charge in [-0.3, -0.25) is 4.98 Å². The average molecular weight is 350 g/mol. The van der Waals surface area contributed by atoms with E-state index in [4.69, 9.17) is 8.94 Å². The predicted octanol–water partition coefficient (Wildman–Crippen LogP) is 4.39. The van der Waals surface area contributed by atoms with Crippen molar-refractivity contribution in [2.45, 2.75) is 17.9 Å². The molecule has 25 heavy (non-hydrogen) atoms. The van der Waals surface area contributed by atoms with Crippen molar-refractivity contribution in [3.05, 3.63) is 66.2 Å². The zero-order chi connectivity index (χ0) is 17.1. The third-order valence-corrected chi connectivity index (χ3v) is 4.42. The minimum Gasteiger partial charge on any atom is -0.411 e. The van der Waals surface area contributed by atoms with E-state index in [1.165, 1.54) is 17.3 Å². The average Bonchev–Trinajstić information content (AvgIpc) is 3.31. The van der Waals surface area contributed by atoms with E-state index in [1.807, 2.05) is 30.3 Å². The lowest BCUT2D eigenvalue weighted by molar-refractivity contribution is 0.396. The van der Waals surface area contributed by atoms with Gasteiger partial charge in [0.05, 0.1) is 5.75 Å². The fourth-order valence-corrected chi connectivity index (χ4v) is 2.89. The first-order valence-electron chi connectivity index (χ1n) is 7.67. The monoisotopic (exact) mass is 350 g/mol. The van der Waals surface area contributed by atoms with Crippen LogP contribution in [0.5, 0.6) is 0 Å². The number of nitrogens with zero attached hydrogens (tertiary/aromatic N) is 4. The SMILES string of the molecule is Cc1ccc(-c2cc(CSc3nnc(-c4ccncc4)o3)on2)cc1. The second-order valence-electron chi connectivity index (χ2n) is 5.44. The van der Waals surface area contributed by atoms with Crippen molar-refractivity contribution in [1.82, 2.24) is 20.3 Å². The molecule has 1 aromatic carbocycles. The lowest BCUT2D eigenvalue weighted by Crippen LogP contribution is -1.78. The Morgan fingerprint density at radius 2 is 1.76 bits per heavy atom. The van der Waals surface area contributed by atoms with Crippen LogP contribution in [0.1, 0.15) is 11.3 Å². The predicted molar refractivity (Wildman–Crippen MR) is 93.8 cm³/mol. The van der Waals surface area contributed by atoms with Crippen LogP contribution in [0, 0.1) is 6.92 Å². The minimum atomic E-state index is 0.475. The molecule has 0 saturated carbocycles. The van der Waals surface area contributed by atoms with Crippen LogP contribution in [0.4, 0.5) is 0 Å². The summed E-state index contributed by atoms with van der Waals surface area (Å²) >= 11 is 1.41. The summed E-state index contributed by atoms with van der Waals surface area (Å²) in [6.07, 6.45) is 3.38. The number of hydrogen-bond acceptors (Lipinski definition) is 7. The Kier molecular flexibility index (Phi) is 4.30. The first-order chi connectivity index (χ1) is 12.3. The smallest absolute Gasteiger partial charge is 0.277 e. The molecule has 3 heterocycles. The Morgan fingerprint density at radius 1 is 0.960 bits per heavy atom.